The molecule has 5 nitrogen and oxygen atoms in total. The average Bonchev–Trinajstić information content (AvgIpc) is 2.45. The Bertz CT molecular complexity index is 435. The van der Waals surface area contributed by atoms with Gasteiger partial charge in [-0.2, -0.15) is 0 Å². The molecule has 1 rings (SSSR count). The first-order chi connectivity index (χ1) is 9.63. The Kier molecular flexibility index (Phi) is 6.87. The molecule has 0 saturated carbocycles. The van der Waals surface area contributed by atoms with Crippen LogP contribution < -0.4 is 20.1 Å². The van der Waals surface area contributed by atoms with E-state index in [0.717, 1.165) is 11.3 Å². The molecule has 0 heterocycles. The molecular weight excluding hydrogens is 256 g/mol. The fourth-order valence-electron chi connectivity index (χ4n) is 1.88. The van der Waals surface area contributed by atoms with E-state index in [1.807, 2.05) is 39.0 Å². The second kappa shape index (κ2) is 8.43. The molecule has 1 atom stereocenters. The zero-order valence-corrected chi connectivity index (χ0v) is 12.7. The summed E-state index contributed by atoms with van der Waals surface area (Å²) in [5.74, 6) is 1.43. The fraction of sp³-hybridized carbons (Fsp3) is 0.533. The molecule has 0 bridgehead atoms. The maximum absolute atomic E-state index is 11.7. The van der Waals surface area contributed by atoms with Crippen molar-refractivity contribution in [2.75, 3.05) is 20.3 Å². The summed E-state index contributed by atoms with van der Waals surface area (Å²) < 4.78 is 10.9. The molecule has 20 heavy (non-hydrogen) atoms. The number of rotatable bonds is 8. The second-order valence-electron chi connectivity index (χ2n) is 4.38. The number of benzene rings is 1. The van der Waals surface area contributed by atoms with Crippen LogP contribution in [0.4, 0.5) is 0 Å². The van der Waals surface area contributed by atoms with E-state index in [0.29, 0.717) is 25.4 Å². The molecule has 1 amide bonds. The van der Waals surface area contributed by atoms with Crippen molar-refractivity contribution < 1.29 is 14.3 Å². The minimum absolute atomic E-state index is 0.00701. The van der Waals surface area contributed by atoms with Gasteiger partial charge in [-0.3, -0.25) is 4.79 Å². The molecule has 0 spiro atoms. The summed E-state index contributed by atoms with van der Waals surface area (Å²) in [6, 6.07) is 5.49. The maximum Gasteiger partial charge on any atom is 0.236 e. The largest absolute Gasteiger partial charge is 0.493 e. The molecule has 0 aliphatic carbocycles. The minimum atomic E-state index is -0.254. The quantitative estimate of drug-likeness (QED) is 0.761. The van der Waals surface area contributed by atoms with Gasteiger partial charge in [0, 0.05) is 18.7 Å². The van der Waals surface area contributed by atoms with Gasteiger partial charge in [-0.1, -0.05) is 12.1 Å². The lowest BCUT2D eigenvalue weighted by atomic mass is 10.1. The minimum Gasteiger partial charge on any atom is -0.493 e. The predicted octanol–water partition coefficient (Wildman–Crippen LogP) is 1.71. The van der Waals surface area contributed by atoms with Gasteiger partial charge in [-0.15, -0.1) is 0 Å². The van der Waals surface area contributed by atoms with Crippen LogP contribution in [0.3, 0.4) is 0 Å². The predicted molar refractivity (Wildman–Crippen MR) is 79.1 cm³/mol. The highest BCUT2D eigenvalue weighted by molar-refractivity contribution is 5.81. The number of carbonyl (C=O) groups is 1. The molecule has 0 fully saturated rings. The molecule has 0 saturated heterocycles. The van der Waals surface area contributed by atoms with E-state index < -0.39 is 0 Å². The van der Waals surface area contributed by atoms with Gasteiger partial charge in [0.1, 0.15) is 0 Å². The Hall–Kier alpha value is -1.75. The van der Waals surface area contributed by atoms with Crippen LogP contribution in [0.1, 0.15) is 26.3 Å². The summed E-state index contributed by atoms with van der Waals surface area (Å²) in [5, 5.41) is 5.96. The number of nitrogens with one attached hydrogen (secondary N) is 2. The highest BCUT2D eigenvalue weighted by atomic mass is 16.5. The van der Waals surface area contributed by atoms with Crippen molar-refractivity contribution >= 4 is 5.91 Å². The van der Waals surface area contributed by atoms with Crippen molar-refractivity contribution in [3.05, 3.63) is 23.8 Å². The number of ether oxygens (including phenoxy) is 2. The van der Waals surface area contributed by atoms with Gasteiger partial charge in [0.15, 0.2) is 11.5 Å². The fourth-order valence-corrected chi connectivity index (χ4v) is 1.88. The number of amides is 1. The van der Waals surface area contributed by atoms with Gasteiger partial charge < -0.3 is 20.1 Å². The molecule has 1 aromatic carbocycles. The van der Waals surface area contributed by atoms with Gasteiger partial charge >= 0.3 is 0 Å². The molecule has 0 aliphatic heterocycles. The zero-order chi connectivity index (χ0) is 15.0. The number of methoxy groups -OCH3 is 1. The Morgan fingerprint density at radius 2 is 2.10 bits per heavy atom. The SMILES string of the molecule is CCNC(=O)C(C)NCc1cccc(OCC)c1OC. The first-order valence-corrected chi connectivity index (χ1v) is 6.93. The standard InChI is InChI=1S/C15H24N2O3/c1-5-16-15(18)11(3)17-10-12-8-7-9-13(20-6-2)14(12)19-4/h7-9,11,17H,5-6,10H2,1-4H3,(H,16,18). The number of para-hydroxylation sites is 1. The number of hydrogen-bond acceptors (Lipinski definition) is 4. The third-order valence-corrected chi connectivity index (χ3v) is 2.91. The third kappa shape index (κ3) is 4.42. The van der Waals surface area contributed by atoms with E-state index in [-0.39, 0.29) is 11.9 Å². The monoisotopic (exact) mass is 280 g/mol. The van der Waals surface area contributed by atoms with Crippen LogP contribution in [0.15, 0.2) is 18.2 Å². The molecule has 0 aromatic heterocycles. The number of likely N-dealkylation sites (N-methyl/N-ethyl adjacent to an activating group) is 1. The summed E-state index contributed by atoms with van der Waals surface area (Å²) in [4.78, 5) is 11.7. The van der Waals surface area contributed by atoms with Gasteiger partial charge in [-0.25, -0.2) is 0 Å². The lowest BCUT2D eigenvalue weighted by Crippen LogP contribution is -2.41. The second-order valence-corrected chi connectivity index (χ2v) is 4.38. The van der Waals surface area contributed by atoms with Crippen LogP contribution in [-0.4, -0.2) is 32.2 Å². The number of hydrogen-bond donors (Lipinski definition) is 2. The van der Waals surface area contributed by atoms with Crippen LogP contribution in [0, 0.1) is 0 Å². The van der Waals surface area contributed by atoms with Crippen molar-refractivity contribution in [1.82, 2.24) is 10.6 Å². The topological polar surface area (TPSA) is 59.6 Å². The number of carbonyl (C=O) groups excluding carboxylic acids is 1. The van der Waals surface area contributed by atoms with Crippen LogP contribution in [0.5, 0.6) is 11.5 Å². The molecule has 0 aliphatic rings. The lowest BCUT2D eigenvalue weighted by molar-refractivity contribution is -0.122. The Morgan fingerprint density at radius 1 is 1.35 bits per heavy atom. The first kappa shape index (κ1) is 16.3. The molecular formula is C15H24N2O3. The lowest BCUT2D eigenvalue weighted by Gasteiger charge is -2.16. The van der Waals surface area contributed by atoms with Crippen LogP contribution >= 0.6 is 0 Å². The summed E-state index contributed by atoms with van der Waals surface area (Å²) in [5.41, 5.74) is 0.967. The molecule has 2 N–H and O–H groups in total. The van der Waals surface area contributed by atoms with Crippen LogP contribution in [0.25, 0.3) is 0 Å². The van der Waals surface area contributed by atoms with Gasteiger partial charge in [-0.05, 0) is 26.8 Å². The summed E-state index contributed by atoms with van der Waals surface area (Å²) in [6.07, 6.45) is 0. The highest BCUT2D eigenvalue weighted by Gasteiger charge is 2.14. The van der Waals surface area contributed by atoms with Crippen molar-refractivity contribution in [2.24, 2.45) is 0 Å². The Morgan fingerprint density at radius 3 is 2.70 bits per heavy atom. The van der Waals surface area contributed by atoms with E-state index in [4.69, 9.17) is 9.47 Å². The van der Waals surface area contributed by atoms with E-state index in [1.54, 1.807) is 7.11 Å². The van der Waals surface area contributed by atoms with Crippen molar-refractivity contribution in [2.45, 2.75) is 33.4 Å². The smallest absolute Gasteiger partial charge is 0.236 e. The van der Waals surface area contributed by atoms with Gasteiger partial charge in [0.05, 0.1) is 19.8 Å². The molecule has 5 heteroatoms. The van der Waals surface area contributed by atoms with Gasteiger partial charge in [0.25, 0.3) is 0 Å². The molecule has 1 aromatic rings. The third-order valence-electron chi connectivity index (χ3n) is 2.91. The normalized spacial score (nSPS) is 11.8. The van der Waals surface area contributed by atoms with E-state index in [2.05, 4.69) is 10.6 Å². The molecule has 112 valence electrons. The summed E-state index contributed by atoms with van der Waals surface area (Å²) >= 11 is 0. The summed E-state index contributed by atoms with van der Waals surface area (Å²) in [7, 11) is 1.62. The average molecular weight is 280 g/mol. The first-order valence-electron chi connectivity index (χ1n) is 6.93. The Balaban J connectivity index is 2.72. The zero-order valence-electron chi connectivity index (χ0n) is 12.7. The van der Waals surface area contributed by atoms with E-state index in [9.17, 15) is 4.79 Å². The van der Waals surface area contributed by atoms with E-state index in [1.165, 1.54) is 0 Å². The Labute approximate surface area is 120 Å². The van der Waals surface area contributed by atoms with Crippen molar-refractivity contribution in [3.63, 3.8) is 0 Å². The highest BCUT2D eigenvalue weighted by Crippen LogP contribution is 2.30. The van der Waals surface area contributed by atoms with Crippen LogP contribution in [-0.2, 0) is 11.3 Å². The maximum atomic E-state index is 11.7. The van der Waals surface area contributed by atoms with Crippen molar-refractivity contribution in [1.29, 1.82) is 0 Å². The summed E-state index contributed by atoms with van der Waals surface area (Å²) in [6.45, 7) is 7.43. The van der Waals surface area contributed by atoms with Crippen LogP contribution in [0.2, 0.25) is 0 Å². The van der Waals surface area contributed by atoms with Gasteiger partial charge in [0.2, 0.25) is 5.91 Å². The molecule has 1 unspecified atom stereocenters. The molecule has 0 radical (unpaired) electrons. The van der Waals surface area contributed by atoms with E-state index >= 15 is 0 Å². The van der Waals surface area contributed by atoms with Crippen molar-refractivity contribution in [3.8, 4) is 11.5 Å².